The molecule has 2 aromatic carbocycles. The van der Waals surface area contributed by atoms with E-state index < -0.39 is 0 Å². The number of para-hydroxylation sites is 1. The van der Waals surface area contributed by atoms with Gasteiger partial charge in [0, 0.05) is 37.3 Å². The van der Waals surface area contributed by atoms with Crippen LogP contribution in [0.25, 0.3) is 11.4 Å². The minimum atomic E-state index is -0.202. The lowest BCUT2D eigenvalue weighted by atomic mass is 9.96. The molecule has 2 heterocycles. The van der Waals surface area contributed by atoms with Crippen molar-refractivity contribution in [1.82, 2.24) is 19.7 Å². The highest BCUT2D eigenvalue weighted by Gasteiger charge is 2.28. The van der Waals surface area contributed by atoms with Crippen molar-refractivity contribution >= 4 is 29.7 Å². The molecule has 0 saturated carbocycles. The molecular weight excluding hydrogens is 422 g/mol. The Labute approximate surface area is 192 Å². The van der Waals surface area contributed by atoms with Crippen molar-refractivity contribution in [3.63, 3.8) is 0 Å². The molecule has 0 spiro atoms. The minimum absolute atomic E-state index is 0.0279. The number of amides is 2. The molecule has 1 fully saturated rings. The van der Waals surface area contributed by atoms with E-state index >= 15 is 0 Å². The van der Waals surface area contributed by atoms with Crippen molar-refractivity contribution in [1.29, 1.82) is 0 Å². The van der Waals surface area contributed by atoms with Crippen LogP contribution in [0.15, 0.2) is 54.6 Å². The number of nitrogens with one attached hydrogen (secondary N) is 2. The normalized spacial score (nSPS) is 16.0. The fraction of sp³-hybridized carbons (Fsp3) is 0.333. The van der Waals surface area contributed by atoms with Crippen LogP contribution in [0.3, 0.4) is 0 Å². The number of anilines is 1. The first-order valence-corrected chi connectivity index (χ1v) is 11.3. The second-order valence-electron chi connectivity index (χ2n) is 8.15. The molecule has 1 atom stereocenters. The van der Waals surface area contributed by atoms with Crippen molar-refractivity contribution in [3.8, 4) is 11.4 Å². The van der Waals surface area contributed by atoms with Crippen molar-refractivity contribution in [3.05, 3.63) is 64.9 Å². The van der Waals surface area contributed by atoms with Crippen LogP contribution in [0, 0.1) is 17.6 Å². The maximum absolute atomic E-state index is 12.9. The Balaban J connectivity index is 1.37. The number of likely N-dealkylation sites (tertiary alicyclic amines) is 1. The van der Waals surface area contributed by atoms with Gasteiger partial charge >= 0.3 is 0 Å². The molecule has 0 bridgehead atoms. The van der Waals surface area contributed by atoms with E-state index in [1.54, 1.807) is 4.90 Å². The Kier molecular flexibility index (Phi) is 6.80. The third-order valence-electron chi connectivity index (χ3n) is 5.80. The average molecular weight is 450 g/mol. The number of nitrogens with zero attached hydrogens (tertiary/aromatic N) is 3. The number of benzene rings is 2. The number of aromatic amines is 1. The standard InChI is InChI=1S/C24H27N5O2S/c1-17-9-11-18(12-10-17)22-26-27-24(32)29(22)15-13-21(30)28-14-5-6-19(16-28)23(31)25-20-7-3-2-4-8-20/h2-4,7-12,19H,5-6,13-16H2,1H3,(H,25,31)(H,27,32)/t19-/m0/s1. The van der Waals surface area contributed by atoms with Gasteiger partial charge in [-0.05, 0) is 44.1 Å². The number of aromatic nitrogens is 3. The molecule has 3 aromatic rings. The quantitative estimate of drug-likeness (QED) is 0.553. The molecule has 2 N–H and O–H groups in total. The highest BCUT2D eigenvalue weighted by Crippen LogP contribution is 2.21. The van der Waals surface area contributed by atoms with E-state index in [1.807, 2.05) is 66.1 Å². The lowest BCUT2D eigenvalue weighted by Crippen LogP contribution is -2.44. The van der Waals surface area contributed by atoms with Crippen LogP contribution in [-0.4, -0.2) is 44.6 Å². The number of piperidine rings is 1. The molecule has 1 aliphatic heterocycles. The Morgan fingerprint density at radius 1 is 1.16 bits per heavy atom. The smallest absolute Gasteiger partial charge is 0.229 e. The number of carbonyl (C=O) groups is 2. The molecule has 7 nitrogen and oxygen atoms in total. The Morgan fingerprint density at radius 3 is 2.66 bits per heavy atom. The summed E-state index contributed by atoms with van der Waals surface area (Å²) < 4.78 is 2.36. The monoisotopic (exact) mass is 449 g/mol. The van der Waals surface area contributed by atoms with Gasteiger partial charge in [-0.1, -0.05) is 48.0 Å². The van der Waals surface area contributed by atoms with E-state index in [0.29, 0.717) is 30.8 Å². The van der Waals surface area contributed by atoms with Gasteiger partial charge in [0.05, 0.1) is 5.92 Å². The van der Waals surface area contributed by atoms with Crippen molar-refractivity contribution in [2.45, 2.75) is 32.7 Å². The fourth-order valence-corrected chi connectivity index (χ4v) is 4.22. The second-order valence-corrected chi connectivity index (χ2v) is 8.54. The van der Waals surface area contributed by atoms with E-state index in [4.69, 9.17) is 12.2 Å². The maximum atomic E-state index is 12.9. The number of aryl methyl sites for hydroxylation is 1. The first-order chi connectivity index (χ1) is 15.5. The van der Waals surface area contributed by atoms with E-state index in [0.717, 1.165) is 29.9 Å². The van der Waals surface area contributed by atoms with Crippen molar-refractivity contribution < 1.29 is 9.59 Å². The lowest BCUT2D eigenvalue weighted by molar-refractivity contribution is -0.134. The second kappa shape index (κ2) is 9.91. The van der Waals surface area contributed by atoms with Gasteiger partial charge in [0.15, 0.2) is 10.6 Å². The molecule has 0 aliphatic carbocycles. The maximum Gasteiger partial charge on any atom is 0.229 e. The van der Waals surface area contributed by atoms with Gasteiger partial charge in [0.2, 0.25) is 11.8 Å². The third kappa shape index (κ3) is 5.13. The molecule has 1 aromatic heterocycles. The predicted octanol–water partition coefficient (Wildman–Crippen LogP) is 4.18. The first-order valence-electron chi connectivity index (χ1n) is 10.9. The van der Waals surface area contributed by atoms with E-state index in [1.165, 1.54) is 5.56 Å². The van der Waals surface area contributed by atoms with Gasteiger partial charge in [-0.25, -0.2) is 0 Å². The van der Waals surface area contributed by atoms with Gasteiger partial charge in [-0.3, -0.25) is 19.3 Å². The van der Waals surface area contributed by atoms with Gasteiger partial charge in [-0.2, -0.15) is 5.10 Å². The number of carbonyl (C=O) groups excluding carboxylic acids is 2. The number of hydrogen-bond donors (Lipinski definition) is 2. The molecule has 32 heavy (non-hydrogen) atoms. The zero-order valence-corrected chi connectivity index (χ0v) is 18.9. The minimum Gasteiger partial charge on any atom is -0.342 e. The Morgan fingerprint density at radius 2 is 1.91 bits per heavy atom. The number of rotatable bonds is 6. The molecule has 166 valence electrons. The van der Waals surface area contributed by atoms with Crippen LogP contribution in [-0.2, 0) is 16.1 Å². The molecule has 8 heteroatoms. The molecule has 1 saturated heterocycles. The predicted molar refractivity (Wildman–Crippen MR) is 127 cm³/mol. The summed E-state index contributed by atoms with van der Waals surface area (Å²) in [6.45, 7) is 3.59. The van der Waals surface area contributed by atoms with Crippen LogP contribution in [0.4, 0.5) is 5.69 Å². The highest BCUT2D eigenvalue weighted by molar-refractivity contribution is 7.71. The first kappa shape index (κ1) is 22.0. The van der Waals surface area contributed by atoms with E-state index in [-0.39, 0.29) is 17.7 Å². The summed E-state index contributed by atoms with van der Waals surface area (Å²) in [6.07, 6.45) is 1.91. The topological polar surface area (TPSA) is 83.0 Å². The van der Waals surface area contributed by atoms with Gasteiger partial charge < -0.3 is 10.2 Å². The molecule has 0 unspecified atom stereocenters. The van der Waals surface area contributed by atoms with Crippen molar-refractivity contribution in [2.75, 3.05) is 18.4 Å². The average Bonchev–Trinajstić information content (AvgIpc) is 3.19. The van der Waals surface area contributed by atoms with Crippen LogP contribution < -0.4 is 5.32 Å². The molecule has 0 radical (unpaired) electrons. The number of hydrogen-bond acceptors (Lipinski definition) is 4. The summed E-state index contributed by atoms with van der Waals surface area (Å²) in [5.41, 5.74) is 2.89. The number of H-pyrrole nitrogens is 1. The summed E-state index contributed by atoms with van der Waals surface area (Å²) in [4.78, 5) is 27.4. The summed E-state index contributed by atoms with van der Waals surface area (Å²) in [5.74, 6) is 0.515. The molecule has 4 rings (SSSR count). The van der Waals surface area contributed by atoms with Gasteiger partial charge in [0.1, 0.15) is 0 Å². The van der Waals surface area contributed by atoms with Crippen LogP contribution >= 0.6 is 12.2 Å². The largest absolute Gasteiger partial charge is 0.342 e. The third-order valence-corrected chi connectivity index (χ3v) is 6.12. The molecule has 1 aliphatic rings. The van der Waals surface area contributed by atoms with Crippen LogP contribution in [0.5, 0.6) is 0 Å². The zero-order valence-electron chi connectivity index (χ0n) is 18.1. The summed E-state index contributed by atoms with van der Waals surface area (Å²) in [7, 11) is 0. The Hall–Kier alpha value is -3.26. The molecular formula is C24H27N5O2S. The summed E-state index contributed by atoms with van der Waals surface area (Å²) in [5, 5.41) is 10.1. The van der Waals surface area contributed by atoms with E-state index in [9.17, 15) is 9.59 Å². The van der Waals surface area contributed by atoms with E-state index in [2.05, 4.69) is 15.5 Å². The van der Waals surface area contributed by atoms with Crippen LogP contribution in [0.1, 0.15) is 24.8 Å². The SMILES string of the molecule is Cc1ccc(-c2n[nH]c(=S)n2CCC(=O)N2CCC[C@H](C(=O)Nc3ccccc3)C2)cc1. The van der Waals surface area contributed by atoms with Crippen molar-refractivity contribution in [2.24, 2.45) is 5.92 Å². The summed E-state index contributed by atoms with van der Waals surface area (Å²) >= 11 is 5.39. The van der Waals surface area contributed by atoms with Gasteiger partial charge in [-0.15, -0.1) is 0 Å². The van der Waals surface area contributed by atoms with Gasteiger partial charge in [0.25, 0.3) is 0 Å². The van der Waals surface area contributed by atoms with Crippen LogP contribution in [0.2, 0.25) is 0 Å². The Bertz CT molecular complexity index is 1140. The highest BCUT2D eigenvalue weighted by atomic mass is 32.1. The molecule has 2 amide bonds. The lowest BCUT2D eigenvalue weighted by Gasteiger charge is -2.32. The summed E-state index contributed by atoms with van der Waals surface area (Å²) in [6, 6.07) is 17.5. The zero-order chi connectivity index (χ0) is 22.5. The fourth-order valence-electron chi connectivity index (χ4n) is 4.00.